The number of rotatable bonds is 1. The first-order chi connectivity index (χ1) is 5.99. The number of hydrogen-bond donors (Lipinski definition) is 0. The van der Waals surface area contributed by atoms with Crippen molar-refractivity contribution in [3.8, 4) is 0 Å². The largest absolute Gasteiger partial charge is 0.207 e. The second-order valence-corrected chi connectivity index (χ2v) is 4.22. The van der Waals surface area contributed by atoms with Crippen LogP contribution >= 0.6 is 0 Å². The third-order valence-corrected chi connectivity index (χ3v) is 1.61. The van der Waals surface area contributed by atoms with Crippen LogP contribution in [0.4, 0.5) is 4.39 Å². The van der Waals surface area contributed by atoms with Crippen LogP contribution in [0.25, 0.3) is 5.83 Å². The topological polar surface area (TPSA) is 0 Å². The van der Waals surface area contributed by atoms with Crippen molar-refractivity contribution in [3.63, 3.8) is 0 Å². The van der Waals surface area contributed by atoms with Gasteiger partial charge in [-0.2, -0.15) is 0 Å². The minimum absolute atomic E-state index is 0.111. The lowest BCUT2D eigenvalue weighted by Crippen LogP contribution is -1.99. The fourth-order valence-electron chi connectivity index (χ4n) is 1.06. The molecule has 0 saturated heterocycles. The zero-order valence-corrected chi connectivity index (χ0v) is 8.34. The van der Waals surface area contributed by atoms with Gasteiger partial charge in [0, 0.05) is 5.56 Å². The van der Waals surface area contributed by atoms with E-state index in [1.165, 1.54) is 0 Å². The molecule has 0 bridgehead atoms. The molecule has 0 aromatic heterocycles. The Morgan fingerprint density at radius 3 is 2.15 bits per heavy atom. The van der Waals surface area contributed by atoms with Crippen LogP contribution in [0.1, 0.15) is 26.3 Å². The van der Waals surface area contributed by atoms with Crippen molar-refractivity contribution in [2.45, 2.75) is 20.8 Å². The zero-order chi connectivity index (χ0) is 9.90. The van der Waals surface area contributed by atoms with Gasteiger partial charge in [0.1, 0.15) is 5.83 Å². The third kappa shape index (κ3) is 3.41. The fraction of sp³-hybridized carbons (Fsp3) is 0.333. The van der Waals surface area contributed by atoms with Gasteiger partial charge in [0.25, 0.3) is 0 Å². The molecule has 1 rings (SSSR count). The molecule has 0 radical (unpaired) electrons. The lowest BCUT2D eigenvalue weighted by Gasteiger charge is -2.12. The molecule has 1 aromatic carbocycles. The predicted octanol–water partition coefficient (Wildman–Crippen LogP) is 4.04. The Hall–Kier alpha value is -1.11. The van der Waals surface area contributed by atoms with Gasteiger partial charge in [0.05, 0.1) is 0 Å². The standard InChI is InChI=1S/C12H15F/c1-12(2,3)9-11(13)10-7-5-4-6-8-10/h4-9H,1-3H3/b11-9-. The lowest BCUT2D eigenvalue weighted by molar-refractivity contribution is 0.536. The van der Waals surface area contributed by atoms with Gasteiger partial charge in [-0.15, -0.1) is 0 Å². The molecule has 1 aromatic rings. The van der Waals surface area contributed by atoms with Gasteiger partial charge in [-0.1, -0.05) is 51.1 Å². The highest BCUT2D eigenvalue weighted by molar-refractivity contribution is 5.59. The summed E-state index contributed by atoms with van der Waals surface area (Å²) < 4.78 is 13.5. The van der Waals surface area contributed by atoms with Crippen molar-refractivity contribution < 1.29 is 4.39 Å². The molecule has 0 saturated carbocycles. The van der Waals surface area contributed by atoms with Crippen molar-refractivity contribution >= 4 is 5.83 Å². The molecule has 0 unspecified atom stereocenters. The van der Waals surface area contributed by atoms with E-state index in [-0.39, 0.29) is 11.2 Å². The second-order valence-electron chi connectivity index (χ2n) is 4.22. The fourth-order valence-corrected chi connectivity index (χ4v) is 1.06. The summed E-state index contributed by atoms with van der Waals surface area (Å²) in [7, 11) is 0. The quantitative estimate of drug-likeness (QED) is 0.608. The van der Waals surface area contributed by atoms with Crippen LogP contribution in [0.3, 0.4) is 0 Å². The summed E-state index contributed by atoms with van der Waals surface area (Å²) in [6.07, 6.45) is 1.64. The van der Waals surface area contributed by atoms with Gasteiger partial charge >= 0.3 is 0 Å². The van der Waals surface area contributed by atoms with Gasteiger partial charge in [-0.3, -0.25) is 0 Å². The average Bonchev–Trinajstić information content (AvgIpc) is 2.03. The molecule has 13 heavy (non-hydrogen) atoms. The molecule has 1 heteroatoms. The lowest BCUT2D eigenvalue weighted by atomic mass is 9.95. The molecule has 0 spiro atoms. The first-order valence-electron chi connectivity index (χ1n) is 4.43. The maximum Gasteiger partial charge on any atom is 0.126 e. The molecular weight excluding hydrogens is 163 g/mol. The van der Waals surface area contributed by atoms with Crippen LogP contribution in [0.5, 0.6) is 0 Å². The van der Waals surface area contributed by atoms with Crippen molar-refractivity contribution in [1.29, 1.82) is 0 Å². The van der Waals surface area contributed by atoms with E-state index >= 15 is 0 Å². The Morgan fingerprint density at radius 1 is 1.15 bits per heavy atom. The van der Waals surface area contributed by atoms with E-state index in [4.69, 9.17) is 0 Å². The Balaban J connectivity index is 2.92. The highest BCUT2D eigenvalue weighted by Crippen LogP contribution is 2.24. The van der Waals surface area contributed by atoms with E-state index in [0.717, 1.165) is 0 Å². The zero-order valence-electron chi connectivity index (χ0n) is 8.34. The van der Waals surface area contributed by atoms with Gasteiger partial charge < -0.3 is 0 Å². The van der Waals surface area contributed by atoms with Crippen molar-refractivity contribution in [2.24, 2.45) is 5.41 Å². The Bertz CT molecular complexity index is 291. The molecule has 0 aliphatic rings. The minimum atomic E-state index is -0.145. The first kappa shape index (κ1) is 9.97. The Kier molecular flexibility index (Phi) is 2.86. The summed E-state index contributed by atoms with van der Waals surface area (Å²) in [6.45, 7) is 5.94. The maximum atomic E-state index is 13.5. The van der Waals surface area contributed by atoms with Crippen molar-refractivity contribution in [2.75, 3.05) is 0 Å². The molecule has 0 fully saturated rings. The molecule has 70 valence electrons. The van der Waals surface area contributed by atoms with Crippen LogP contribution in [-0.4, -0.2) is 0 Å². The molecule has 0 aliphatic carbocycles. The Morgan fingerprint density at radius 2 is 1.69 bits per heavy atom. The second kappa shape index (κ2) is 3.73. The van der Waals surface area contributed by atoms with Gasteiger partial charge in [0.15, 0.2) is 0 Å². The monoisotopic (exact) mass is 178 g/mol. The molecule has 0 heterocycles. The summed E-state index contributed by atoms with van der Waals surface area (Å²) >= 11 is 0. The number of halogens is 1. The first-order valence-corrected chi connectivity index (χ1v) is 4.43. The summed E-state index contributed by atoms with van der Waals surface area (Å²) in [5.41, 5.74) is 0.539. The van der Waals surface area contributed by atoms with E-state index < -0.39 is 0 Å². The van der Waals surface area contributed by atoms with Crippen LogP contribution < -0.4 is 0 Å². The number of benzene rings is 1. The smallest absolute Gasteiger partial charge is 0.126 e. The normalized spacial score (nSPS) is 13.1. The summed E-state index contributed by atoms with van der Waals surface area (Å²) in [5, 5.41) is 0. The van der Waals surface area contributed by atoms with E-state index in [1.807, 2.05) is 39.0 Å². The van der Waals surface area contributed by atoms with Crippen molar-refractivity contribution in [1.82, 2.24) is 0 Å². The molecule has 0 N–H and O–H groups in total. The van der Waals surface area contributed by atoms with Crippen LogP contribution in [0.2, 0.25) is 0 Å². The van der Waals surface area contributed by atoms with E-state index in [9.17, 15) is 4.39 Å². The number of hydrogen-bond acceptors (Lipinski definition) is 0. The molecule has 0 nitrogen and oxygen atoms in total. The summed E-state index contributed by atoms with van der Waals surface area (Å²) in [5.74, 6) is -0.145. The SMILES string of the molecule is CC(C)(C)/C=C(\F)c1ccccc1. The van der Waals surface area contributed by atoms with Crippen LogP contribution in [0, 0.1) is 5.41 Å². The van der Waals surface area contributed by atoms with E-state index in [0.29, 0.717) is 5.56 Å². The van der Waals surface area contributed by atoms with Gasteiger partial charge in [-0.05, 0) is 11.5 Å². The number of allylic oxidation sites excluding steroid dienone is 1. The van der Waals surface area contributed by atoms with Crippen LogP contribution in [-0.2, 0) is 0 Å². The molecular formula is C12H15F. The van der Waals surface area contributed by atoms with E-state index in [2.05, 4.69) is 0 Å². The van der Waals surface area contributed by atoms with E-state index in [1.54, 1.807) is 18.2 Å². The molecule has 0 amide bonds. The maximum absolute atomic E-state index is 13.5. The third-order valence-electron chi connectivity index (χ3n) is 1.61. The van der Waals surface area contributed by atoms with Crippen molar-refractivity contribution in [3.05, 3.63) is 42.0 Å². The minimum Gasteiger partial charge on any atom is -0.207 e. The van der Waals surface area contributed by atoms with Gasteiger partial charge in [-0.25, -0.2) is 4.39 Å². The van der Waals surface area contributed by atoms with Gasteiger partial charge in [0.2, 0.25) is 0 Å². The Labute approximate surface area is 79.1 Å². The predicted molar refractivity (Wildman–Crippen MR) is 55.0 cm³/mol. The average molecular weight is 178 g/mol. The summed E-state index contributed by atoms with van der Waals surface area (Å²) in [6, 6.07) is 9.11. The summed E-state index contributed by atoms with van der Waals surface area (Å²) in [4.78, 5) is 0. The molecule has 0 aliphatic heterocycles. The highest BCUT2D eigenvalue weighted by Gasteiger charge is 2.09. The van der Waals surface area contributed by atoms with Crippen LogP contribution in [0.15, 0.2) is 36.4 Å². The highest BCUT2D eigenvalue weighted by atomic mass is 19.1. The molecule has 0 atom stereocenters.